The van der Waals surface area contributed by atoms with E-state index in [4.69, 9.17) is 9.94 Å². The van der Waals surface area contributed by atoms with E-state index in [2.05, 4.69) is 19.0 Å². The van der Waals surface area contributed by atoms with Crippen molar-refractivity contribution >= 4 is 5.71 Å². The average Bonchev–Trinajstić information content (AvgIpc) is 2.80. The molecule has 1 aromatic rings. The molecule has 1 atom stereocenters. The number of fused-ring (bicyclic) bond motifs is 1. The van der Waals surface area contributed by atoms with Gasteiger partial charge in [-0.25, -0.2) is 0 Å². The molecule has 0 aliphatic heterocycles. The SMILES string of the molecule is CCCC(C)COc1cccc2c1CCC2=NO. The summed E-state index contributed by atoms with van der Waals surface area (Å²) in [6, 6.07) is 5.98. The molecular weight excluding hydrogens is 226 g/mol. The van der Waals surface area contributed by atoms with Gasteiger partial charge in [0.1, 0.15) is 5.75 Å². The van der Waals surface area contributed by atoms with Crippen LogP contribution in [-0.2, 0) is 6.42 Å². The quantitative estimate of drug-likeness (QED) is 0.637. The van der Waals surface area contributed by atoms with Crippen molar-refractivity contribution in [3.8, 4) is 5.75 Å². The van der Waals surface area contributed by atoms with E-state index in [1.165, 1.54) is 18.4 Å². The molecule has 18 heavy (non-hydrogen) atoms. The molecule has 3 heteroatoms. The van der Waals surface area contributed by atoms with Gasteiger partial charge in [0.25, 0.3) is 0 Å². The first kappa shape index (κ1) is 12.9. The highest BCUT2D eigenvalue weighted by Gasteiger charge is 2.21. The molecular formula is C15H21NO2. The largest absolute Gasteiger partial charge is 0.493 e. The predicted molar refractivity (Wildman–Crippen MR) is 72.7 cm³/mol. The van der Waals surface area contributed by atoms with E-state index in [9.17, 15) is 0 Å². The van der Waals surface area contributed by atoms with Gasteiger partial charge >= 0.3 is 0 Å². The smallest absolute Gasteiger partial charge is 0.123 e. The summed E-state index contributed by atoms with van der Waals surface area (Å²) in [6.45, 7) is 5.17. The summed E-state index contributed by atoms with van der Waals surface area (Å²) in [5.41, 5.74) is 3.00. The molecule has 1 aromatic carbocycles. The van der Waals surface area contributed by atoms with Crippen molar-refractivity contribution in [3.63, 3.8) is 0 Å². The first-order chi connectivity index (χ1) is 8.76. The van der Waals surface area contributed by atoms with Crippen molar-refractivity contribution in [1.29, 1.82) is 0 Å². The second kappa shape index (κ2) is 5.89. The molecule has 0 bridgehead atoms. The summed E-state index contributed by atoms with van der Waals surface area (Å²) < 4.78 is 5.92. The third-order valence-corrected chi connectivity index (χ3v) is 3.48. The lowest BCUT2D eigenvalue weighted by Gasteiger charge is -2.14. The summed E-state index contributed by atoms with van der Waals surface area (Å²) in [5, 5.41) is 12.3. The minimum absolute atomic E-state index is 0.582. The van der Waals surface area contributed by atoms with Gasteiger partial charge in [-0.1, -0.05) is 37.6 Å². The van der Waals surface area contributed by atoms with Crippen LogP contribution >= 0.6 is 0 Å². The summed E-state index contributed by atoms with van der Waals surface area (Å²) in [7, 11) is 0. The minimum atomic E-state index is 0.582. The molecule has 2 rings (SSSR count). The molecule has 0 radical (unpaired) electrons. The molecule has 1 N–H and O–H groups in total. The lowest BCUT2D eigenvalue weighted by atomic mass is 10.1. The molecule has 0 spiro atoms. The first-order valence-corrected chi connectivity index (χ1v) is 6.72. The number of ether oxygens (including phenoxy) is 1. The lowest BCUT2D eigenvalue weighted by molar-refractivity contribution is 0.249. The topological polar surface area (TPSA) is 41.8 Å². The van der Waals surface area contributed by atoms with E-state index in [0.29, 0.717) is 5.92 Å². The molecule has 0 aromatic heterocycles. The molecule has 0 saturated carbocycles. The average molecular weight is 247 g/mol. The van der Waals surface area contributed by atoms with Crippen LogP contribution in [0.15, 0.2) is 23.4 Å². The Balaban J connectivity index is 2.09. The van der Waals surface area contributed by atoms with Gasteiger partial charge in [-0.05, 0) is 31.2 Å². The number of hydrogen-bond donors (Lipinski definition) is 1. The Morgan fingerprint density at radius 1 is 1.39 bits per heavy atom. The highest BCUT2D eigenvalue weighted by molar-refractivity contribution is 6.04. The number of benzene rings is 1. The zero-order valence-electron chi connectivity index (χ0n) is 11.1. The predicted octanol–water partition coefficient (Wildman–Crippen LogP) is 3.63. The van der Waals surface area contributed by atoms with Gasteiger partial charge in [-0.15, -0.1) is 0 Å². The van der Waals surface area contributed by atoms with Gasteiger partial charge < -0.3 is 9.94 Å². The van der Waals surface area contributed by atoms with E-state index >= 15 is 0 Å². The summed E-state index contributed by atoms with van der Waals surface area (Å²) >= 11 is 0. The van der Waals surface area contributed by atoms with Crippen molar-refractivity contribution in [3.05, 3.63) is 29.3 Å². The fourth-order valence-electron chi connectivity index (χ4n) is 2.52. The maximum atomic E-state index is 8.94. The monoisotopic (exact) mass is 247 g/mol. The minimum Gasteiger partial charge on any atom is -0.493 e. The van der Waals surface area contributed by atoms with Crippen LogP contribution in [-0.4, -0.2) is 17.5 Å². The van der Waals surface area contributed by atoms with Crippen LogP contribution < -0.4 is 4.74 Å². The van der Waals surface area contributed by atoms with E-state index in [0.717, 1.165) is 36.5 Å². The maximum Gasteiger partial charge on any atom is 0.123 e. The molecule has 1 unspecified atom stereocenters. The summed E-state index contributed by atoms with van der Waals surface area (Å²) in [5.74, 6) is 1.53. The Hall–Kier alpha value is -1.51. The molecule has 1 aliphatic rings. The maximum absolute atomic E-state index is 8.94. The zero-order valence-corrected chi connectivity index (χ0v) is 11.1. The summed E-state index contributed by atoms with van der Waals surface area (Å²) in [6.07, 6.45) is 4.10. The van der Waals surface area contributed by atoms with Gasteiger partial charge in [0.05, 0.1) is 12.3 Å². The van der Waals surface area contributed by atoms with Crippen molar-refractivity contribution in [1.82, 2.24) is 0 Å². The van der Waals surface area contributed by atoms with E-state index in [1.807, 2.05) is 18.2 Å². The zero-order chi connectivity index (χ0) is 13.0. The number of hydrogen-bond acceptors (Lipinski definition) is 3. The first-order valence-electron chi connectivity index (χ1n) is 6.72. The Morgan fingerprint density at radius 2 is 2.22 bits per heavy atom. The third-order valence-electron chi connectivity index (χ3n) is 3.48. The Morgan fingerprint density at radius 3 is 2.94 bits per heavy atom. The fourth-order valence-corrected chi connectivity index (χ4v) is 2.52. The normalized spacial score (nSPS) is 17.8. The van der Waals surface area contributed by atoms with Gasteiger partial charge in [-0.3, -0.25) is 0 Å². The van der Waals surface area contributed by atoms with Crippen LogP contribution in [0.4, 0.5) is 0 Å². The third kappa shape index (κ3) is 2.66. The highest BCUT2D eigenvalue weighted by Crippen LogP contribution is 2.31. The van der Waals surface area contributed by atoms with E-state index < -0.39 is 0 Å². The number of rotatable bonds is 5. The fraction of sp³-hybridized carbons (Fsp3) is 0.533. The van der Waals surface area contributed by atoms with Crippen LogP contribution in [0.5, 0.6) is 5.75 Å². The Kier molecular flexibility index (Phi) is 4.24. The second-order valence-electron chi connectivity index (χ2n) is 5.03. The molecule has 0 amide bonds. The Bertz CT molecular complexity index is 440. The van der Waals surface area contributed by atoms with Crippen molar-refractivity contribution in [2.24, 2.45) is 11.1 Å². The number of nitrogens with zero attached hydrogens (tertiary/aromatic N) is 1. The molecule has 98 valence electrons. The van der Waals surface area contributed by atoms with Crippen molar-refractivity contribution in [2.45, 2.75) is 39.5 Å². The van der Waals surface area contributed by atoms with Crippen LogP contribution in [0.2, 0.25) is 0 Å². The molecule has 1 aliphatic carbocycles. The lowest BCUT2D eigenvalue weighted by Crippen LogP contribution is -2.09. The molecule has 0 heterocycles. The number of oxime groups is 1. The van der Waals surface area contributed by atoms with Crippen LogP contribution in [0.3, 0.4) is 0 Å². The molecule has 0 fully saturated rings. The van der Waals surface area contributed by atoms with Crippen LogP contribution in [0, 0.1) is 5.92 Å². The second-order valence-corrected chi connectivity index (χ2v) is 5.03. The van der Waals surface area contributed by atoms with E-state index in [-0.39, 0.29) is 0 Å². The van der Waals surface area contributed by atoms with Crippen molar-refractivity contribution in [2.75, 3.05) is 6.61 Å². The van der Waals surface area contributed by atoms with Gasteiger partial charge in [0.2, 0.25) is 0 Å². The van der Waals surface area contributed by atoms with Crippen LogP contribution in [0.25, 0.3) is 0 Å². The molecule has 3 nitrogen and oxygen atoms in total. The van der Waals surface area contributed by atoms with Gasteiger partial charge in [0, 0.05) is 11.1 Å². The summed E-state index contributed by atoms with van der Waals surface area (Å²) in [4.78, 5) is 0. The van der Waals surface area contributed by atoms with Gasteiger partial charge in [0.15, 0.2) is 0 Å². The van der Waals surface area contributed by atoms with Crippen molar-refractivity contribution < 1.29 is 9.94 Å². The Labute approximate surface area is 108 Å². The highest BCUT2D eigenvalue weighted by atomic mass is 16.5. The van der Waals surface area contributed by atoms with Gasteiger partial charge in [-0.2, -0.15) is 0 Å². The standard InChI is InChI=1S/C15H21NO2/c1-3-5-11(2)10-18-15-7-4-6-12-13(15)8-9-14(12)16-17/h4,6-7,11,17H,3,5,8-10H2,1-2H3. The van der Waals surface area contributed by atoms with Crippen LogP contribution in [0.1, 0.15) is 44.2 Å². The van der Waals surface area contributed by atoms with E-state index in [1.54, 1.807) is 0 Å². The molecule has 0 saturated heterocycles.